The van der Waals surface area contributed by atoms with E-state index in [0.717, 1.165) is 50.5 Å². The van der Waals surface area contributed by atoms with Crippen LogP contribution in [0.4, 0.5) is 0 Å². The van der Waals surface area contributed by atoms with Crippen molar-refractivity contribution >= 4 is 11.8 Å². The maximum atomic E-state index is 13.4. The molecule has 0 heterocycles. The van der Waals surface area contributed by atoms with Crippen molar-refractivity contribution in [3.8, 4) is 0 Å². The molecule has 0 saturated heterocycles. The number of benzene rings is 1. The topological polar surface area (TPSA) is 140 Å². The van der Waals surface area contributed by atoms with Crippen molar-refractivity contribution in [2.75, 3.05) is 6.54 Å². The van der Waals surface area contributed by atoms with Gasteiger partial charge in [0.1, 0.15) is 6.04 Å². The number of nitrogens with one attached hydrogen (secondary N) is 2. The molecule has 2 atom stereocenters. The summed E-state index contributed by atoms with van der Waals surface area (Å²) in [7, 11) is 0. The monoisotopic (exact) mass is 448 g/mol. The molecule has 8 nitrogen and oxygen atoms in total. The standard InChI is InChI=1S/C24H44N6O2/c1-3-5-14-20(15-6-4-2)28-22(18-19-12-8-7-9-13-19)23(31)29-21(16-10-11-17-25)24(32)30(26)27/h7-9,12-13,20-22,28H,3-6,10-11,14-18,25-27H2,1-2H3,(H,29,31). The highest BCUT2D eigenvalue weighted by molar-refractivity contribution is 5.89. The van der Waals surface area contributed by atoms with Gasteiger partial charge in [-0.25, -0.2) is 16.8 Å². The molecular formula is C24H44N6O2. The Labute approximate surface area is 193 Å². The van der Waals surface area contributed by atoms with Gasteiger partial charge >= 0.3 is 0 Å². The maximum absolute atomic E-state index is 13.4. The third kappa shape index (κ3) is 11.0. The van der Waals surface area contributed by atoms with Crippen LogP contribution in [0.3, 0.4) is 0 Å². The first kappa shape index (κ1) is 28.0. The molecule has 1 aromatic rings. The second-order valence-electron chi connectivity index (χ2n) is 8.48. The minimum Gasteiger partial charge on any atom is -0.343 e. The van der Waals surface area contributed by atoms with E-state index in [2.05, 4.69) is 24.5 Å². The number of carbonyl (C=O) groups excluding carboxylic acids is 2. The average molecular weight is 449 g/mol. The van der Waals surface area contributed by atoms with Gasteiger partial charge in [-0.3, -0.25) is 9.59 Å². The van der Waals surface area contributed by atoms with Crippen LogP contribution in [0.5, 0.6) is 0 Å². The molecule has 0 saturated carbocycles. The zero-order chi connectivity index (χ0) is 23.8. The lowest BCUT2D eigenvalue weighted by Crippen LogP contribution is -2.58. The van der Waals surface area contributed by atoms with E-state index in [1.165, 1.54) is 0 Å². The number of nitrogens with two attached hydrogens (primary N) is 3. The van der Waals surface area contributed by atoms with E-state index in [4.69, 9.17) is 17.4 Å². The molecule has 2 amide bonds. The molecular weight excluding hydrogens is 404 g/mol. The third-order valence-electron chi connectivity index (χ3n) is 5.66. The molecule has 0 spiro atoms. The molecule has 0 aliphatic carbocycles. The van der Waals surface area contributed by atoms with Crippen molar-refractivity contribution < 1.29 is 9.59 Å². The molecule has 2 unspecified atom stereocenters. The van der Waals surface area contributed by atoms with Crippen molar-refractivity contribution in [1.29, 1.82) is 0 Å². The second kappa shape index (κ2) is 16.6. The van der Waals surface area contributed by atoms with Crippen LogP contribution < -0.4 is 28.1 Å². The molecule has 0 aliphatic rings. The van der Waals surface area contributed by atoms with Gasteiger partial charge in [0, 0.05) is 6.04 Å². The number of hydrogen-bond donors (Lipinski definition) is 5. The van der Waals surface area contributed by atoms with Gasteiger partial charge in [-0.05, 0) is 50.6 Å². The number of unbranched alkanes of at least 4 members (excludes halogenated alkanes) is 3. The molecule has 1 rings (SSSR count). The average Bonchev–Trinajstić information content (AvgIpc) is 2.79. The summed E-state index contributed by atoms with van der Waals surface area (Å²) < 4.78 is 0. The van der Waals surface area contributed by atoms with Gasteiger partial charge < -0.3 is 16.4 Å². The summed E-state index contributed by atoms with van der Waals surface area (Å²) >= 11 is 0. The van der Waals surface area contributed by atoms with E-state index in [-0.39, 0.29) is 11.9 Å². The molecule has 0 radical (unpaired) electrons. The van der Waals surface area contributed by atoms with Gasteiger partial charge in [0.25, 0.3) is 5.91 Å². The smallest absolute Gasteiger partial charge is 0.273 e. The van der Waals surface area contributed by atoms with Crippen molar-refractivity contribution in [3.63, 3.8) is 0 Å². The van der Waals surface area contributed by atoms with Crippen LogP contribution in [-0.2, 0) is 16.0 Å². The fraction of sp³-hybridized carbons (Fsp3) is 0.667. The Kier molecular flexibility index (Phi) is 14.5. The van der Waals surface area contributed by atoms with E-state index >= 15 is 0 Å². The van der Waals surface area contributed by atoms with Crippen LogP contribution >= 0.6 is 0 Å². The fourth-order valence-electron chi connectivity index (χ4n) is 3.78. The van der Waals surface area contributed by atoms with Crippen molar-refractivity contribution in [2.24, 2.45) is 17.4 Å². The highest BCUT2D eigenvalue weighted by atomic mass is 16.2. The normalized spacial score (nSPS) is 13.1. The van der Waals surface area contributed by atoms with Crippen molar-refractivity contribution in [3.05, 3.63) is 35.9 Å². The quantitative estimate of drug-likeness (QED) is 0.107. The molecule has 0 bridgehead atoms. The van der Waals surface area contributed by atoms with Gasteiger partial charge in [-0.15, -0.1) is 0 Å². The molecule has 8 heteroatoms. The van der Waals surface area contributed by atoms with E-state index in [1.54, 1.807) is 0 Å². The van der Waals surface area contributed by atoms with Crippen molar-refractivity contribution in [2.45, 2.75) is 96.2 Å². The summed E-state index contributed by atoms with van der Waals surface area (Å²) in [6, 6.07) is 8.95. The fourth-order valence-corrected chi connectivity index (χ4v) is 3.78. The Balaban J connectivity index is 3.00. The first-order chi connectivity index (χ1) is 15.4. The van der Waals surface area contributed by atoms with E-state index < -0.39 is 18.0 Å². The minimum absolute atomic E-state index is 0.209. The van der Waals surface area contributed by atoms with E-state index in [9.17, 15) is 9.59 Å². The van der Waals surface area contributed by atoms with Crippen LogP contribution in [0, 0.1) is 0 Å². The Bertz CT molecular complexity index is 633. The molecule has 8 N–H and O–H groups in total. The number of amides is 2. The largest absolute Gasteiger partial charge is 0.343 e. The Morgan fingerprint density at radius 1 is 0.906 bits per heavy atom. The number of carbonyl (C=O) groups is 2. The zero-order valence-electron chi connectivity index (χ0n) is 19.9. The Morgan fingerprint density at radius 3 is 2.06 bits per heavy atom. The minimum atomic E-state index is -0.770. The Hall–Kier alpha value is -2.00. The molecule has 0 fully saturated rings. The number of nitrogens with zero attached hydrogens (tertiary/aromatic N) is 1. The molecule has 182 valence electrons. The summed E-state index contributed by atoms with van der Waals surface area (Å²) in [5.41, 5.74) is 6.64. The first-order valence-electron chi connectivity index (χ1n) is 12.1. The van der Waals surface area contributed by atoms with E-state index in [1.807, 2.05) is 30.3 Å². The lowest BCUT2D eigenvalue weighted by Gasteiger charge is -2.28. The van der Waals surface area contributed by atoms with Crippen LogP contribution in [0.2, 0.25) is 0 Å². The van der Waals surface area contributed by atoms with Gasteiger partial charge in [0.15, 0.2) is 0 Å². The summed E-state index contributed by atoms with van der Waals surface area (Å²) in [5, 5.41) is 7.05. The van der Waals surface area contributed by atoms with Crippen LogP contribution in [0.1, 0.15) is 77.2 Å². The highest BCUT2D eigenvalue weighted by Crippen LogP contribution is 2.13. The summed E-state index contributed by atoms with van der Waals surface area (Å²) in [6.07, 6.45) is 8.93. The molecule has 0 aliphatic heterocycles. The van der Waals surface area contributed by atoms with Gasteiger partial charge in [0.2, 0.25) is 5.91 Å². The summed E-state index contributed by atoms with van der Waals surface area (Å²) in [6.45, 7) is 4.88. The van der Waals surface area contributed by atoms with Gasteiger partial charge in [0.05, 0.1) is 6.04 Å². The highest BCUT2D eigenvalue weighted by Gasteiger charge is 2.28. The summed E-state index contributed by atoms with van der Waals surface area (Å²) in [4.78, 5) is 25.8. The van der Waals surface area contributed by atoms with Crippen molar-refractivity contribution in [1.82, 2.24) is 15.8 Å². The van der Waals surface area contributed by atoms with Gasteiger partial charge in [-0.1, -0.05) is 69.9 Å². The molecule has 1 aromatic carbocycles. The molecule has 32 heavy (non-hydrogen) atoms. The third-order valence-corrected chi connectivity index (χ3v) is 5.66. The molecule has 0 aromatic heterocycles. The van der Waals surface area contributed by atoms with Crippen LogP contribution in [0.15, 0.2) is 30.3 Å². The number of hydrazine groups is 2. The Morgan fingerprint density at radius 2 is 1.53 bits per heavy atom. The number of hydrogen-bond acceptors (Lipinski definition) is 6. The van der Waals surface area contributed by atoms with Crippen LogP contribution in [0.25, 0.3) is 0 Å². The predicted octanol–water partition coefficient (Wildman–Crippen LogP) is 2.13. The first-order valence-corrected chi connectivity index (χ1v) is 12.1. The predicted molar refractivity (Wildman–Crippen MR) is 130 cm³/mol. The van der Waals surface area contributed by atoms with Crippen LogP contribution in [-0.4, -0.2) is 41.6 Å². The number of rotatable bonds is 17. The van der Waals surface area contributed by atoms with Gasteiger partial charge in [-0.2, -0.15) is 0 Å². The summed E-state index contributed by atoms with van der Waals surface area (Å²) in [5.74, 6) is 10.2. The lowest BCUT2D eigenvalue weighted by molar-refractivity contribution is -0.137. The lowest BCUT2D eigenvalue weighted by atomic mass is 9.99. The maximum Gasteiger partial charge on any atom is 0.273 e. The SMILES string of the molecule is CCCCC(CCCC)NC(Cc1ccccc1)C(=O)NC(CCCCN)C(=O)N(N)N. The zero-order valence-corrected chi connectivity index (χ0v) is 19.9. The van der Waals surface area contributed by atoms with E-state index in [0.29, 0.717) is 30.9 Å². The second-order valence-corrected chi connectivity index (χ2v) is 8.48.